The summed E-state index contributed by atoms with van der Waals surface area (Å²) in [6.45, 7) is 4.27. The Labute approximate surface area is 239 Å². The highest BCUT2D eigenvalue weighted by Gasteiger charge is 2.29. The number of halogens is 1. The normalized spacial score (nSPS) is 13.0. The lowest BCUT2D eigenvalue weighted by atomic mass is 10.0. The molecule has 0 saturated heterocycles. The highest BCUT2D eigenvalue weighted by atomic mass is 19.1. The molecule has 0 spiro atoms. The number of nitrogens with one attached hydrogen (secondary N) is 2. The SMILES string of the molecule is CNC(=O)c1c(-c2ccc(F)cc2)oc2cc(NCCCOCCOCc3cccc(C(C)=O)c3)c(C3CC3)cc12. The summed E-state index contributed by atoms with van der Waals surface area (Å²) in [5.74, 6) is 0.340. The summed E-state index contributed by atoms with van der Waals surface area (Å²) in [7, 11) is 1.59. The van der Waals surface area contributed by atoms with Gasteiger partial charge in [-0.25, -0.2) is 4.39 Å². The number of ketones is 1. The van der Waals surface area contributed by atoms with Crippen LogP contribution in [0.3, 0.4) is 0 Å². The largest absolute Gasteiger partial charge is 0.455 e. The van der Waals surface area contributed by atoms with Crippen molar-refractivity contribution in [3.63, 3.8) is 0 Å². The van der Waals surface area contributed by atoms with E-state index in [4.69, 9.17) is 13.9 Å². The molecule has 0 bridgehead atoms. The first-order chi connectivity index (χ1) is 19.9. The van der Waals surface area contributed by atoms with Gasteiger partial charge in [0.05, 0.1) is 25.4 Å². The Hall–Kier alpha value is -4.01. The van der Waals surface area contributed by atoms with E-state index in [0.717, 1.165) is 42.4 Å². The lowest BCUT2D eigenvalue weighted by Gasteiger charge is -2.12. The van der Waals surface area contributed by atoms with E-state index >= 15 is 0 Å². The minimum Gasteiger partial charge on any atom is -0.455 e. The number of Topliss-reactive ketones (excluding diaryl/α,β-unsaturated/α-hetero) is 1. The first-order valence-electron chi connectivity index (χ1n) is 14.0. The molecule has 1 aliphatic carbocycles. The molecule has 41 heavy (non-hydrogen) atoms. The Balaban J connectivity index is 1.17. The van der Waals surface area contributed by atoms with E-state index < -0.39 is 0 Å². The second-order valence-corrected chi connectivity index (χ2v) is 10.3. The molecule has 0 radical (unpaired) electrons. The van der Waals surface area contributed by atoms with Crippen LogP contribution in [0.15, 0.2) is 65.1 Å². The molecule has 1 fully saturated rings. The molecule has 1 saturated carbocycles. The maximum atomic E-state index is 13.5. The molecule has 7 nitrogen and oxygen atoms in total. The molecular formula is C33H35FN2O5. The number of furan rings is 1. The highest BCUT2D eigenvalue weighted by molar-refractivity contribution is 6.11. The van der Waals surface area contributed by atoms with Crippen molar-refractivity contribution in [1.82, 2.24) is 5.32 Å². The van der Waals surface area contributed by atoms with Gasteiger partial charge in [0.15, 0.2) is 5.78 Å². The fraction of sp³-hybridized carbons (Fsp3) is 0.333. The third-order valence-electron chi connectivity index (χ3n) is 7.19. The molecule has 0 aliphatic heterocycles. The Bertz CT molecular complexity index is 1520. The quantitative estimate of drug-likeness (QED) is 0.132. The maximum absolute atomic E-state index is 13.5. The van der Waals surface area contributed by atoms with Gasteiger partial charge in [-0.05, 0) is 79.6 Å². The number of hydrogen-bond donors (Lipinski definition) is 2. The van der Waals surface area contributed by atoms with Gasteiger partial charge in [-0.3, -0.25) is 9.59 Å². The van der Waals surface area contributed by atoms with E-state index in [9.17, 15) is 14.0 Å². The van der Waals surface area contributed by atoms with E-state index in [0.29, 0.717) is 60.4 Å². The Morgan fingerprint density at radius 1 is 1.00 bits per heavy atom. The van der Waals surface area contributed by atoms with E-state index in [1.54, 1.807) is 32.2 Å². The standard InChI is InChI=1S/C33H35FN2O5/c1-21(37)25-6-3-5-22(17-25)20-40-16-15-39-14-4-13-36-29-19-30-28(18-27(29)23-7-8-23)31(33(38)35-2)32(41-30)24-9-11-26(34)12-10-24/h3,5-6,9-12,17-19,23,36H,4,7-8,13-16,20H2,1-2H3,(H,35,38). The Kier molecular flexibility index (Phi) is 9.11. The molecule has 4 aromatic rings. The van der Waals surface area contributed by atoms with Gasteiger partial charge < -0.3 is 24.5 Å². The maximum Gasteiger partial charge on any atom is 0.255 e. The van der Waals surface area contributed by atoms with Crippen molar-refractivity contribution in [2.75, 3.05) is 38.7 Å². The fourth-order valence-corrected chi connectivity index (χ4v) is 4.89. The number of rotatable bonds is 14. The summed E-state index contributed by atoms with van der Waals surface area (Å²) in [5.41, 5.74) is 5.55. The predicted molar refractivity (Wildman–Crippen MR) is 157 cm³/mol. The first-order valence-corrected chi connectivity index (χ1v) is 14.0. The van der Waals surface area contributed by atoms with Crippen LogP contribution in [0, 0.1) is 5.82 Å². The third-order valence-corrected chi connectivity index (χ3v) is 7.19. The van der Waals surface area contributed by atoms with Crippen molar-refractivity contribution in [3.05, 3.63) is 88.7 Å². The number of carbonyl (C=O) groups is 2. The van der Waals surface area contributed by atoms with Crippen LogP contribution in [0.1, 0.15) is 63.9 Å². The second kappa shape index (κ2) is 13.1. The average molecular weight is 559 g/mol. The summed E-state index contributed by atoms with van der Waals surface area (Å²) in [6.07, 6.45) is 3.03. The number of hydrogen-bond acceptors (Lipinski definition) is 6. The molecule has 1 amide bonds. The van der Waals surface area contributed by atoms with Crippen molar-refractivity contribution in [3.8, 4) is 11.3 Å². The van der Waals surface area contributed by atoms with Crippen molar-refractivity contribution in [2.24, 2.45) is 0 Å². The van der Waals surface area contributed by atoms with E-state index in [1.807, 2.05) is 24.3 Å². The van der Waals surface area contributed by atoms with Gasteiger partial charge >= 0.3 is 0 Å². The summed E-state index contributed by atoms with van der Waals surface area (Å²) in [5, 5.41) is 7.01. The highest BCUT2D eigenvalue weighted by Crippen LogP contribution is 2.46. The molecule has 214 valence electrons. The lowest BCUT2D eigenvalue weighted by molar-refractivity contribution is 0.0405. The first kappa shape index (κ1) is 28.5. The summed E-state index contributed by atoms with van der Waals surface area (Å²) in [6, 6.07) is 17.5. The van der Waals surface area contributed by atoms with Gasteiger partial charge in [0.2, 0.25) is 0 Å². The predicted octanol–water partition coefficient (Wildman–Crippen LogP) is 6.71. The van der Waals surface area contributed by atoms with Crippen LogP contribution in [0.5, 0.6) is 0 Å². The second-order valence-electron chi connectivity index (χ2n) is 10.3. The number of amides is 1. The van der Waals surface area contributed by atoms with Crippen LogP contribution in [-0.2, 0) is 16.1 Å². The van der Waals surface area contributed by atoms with Gasteiger partial charge in [-0.2, -0.15) is 0 Å². The van der Waals surface area contributed by atoms with Crippen molar-refractivity contribution >= 4 is 28.3 Å². The zero-order valence-corrected chi connectivity index (χ0v) is 23.4. The molecule has 1 aliphatic rings. The number of ether oxygens (including phenoxy) is 2. The number of benzene rings is 3. The molecular weight excluding hydrogens is 523 g/mol. The van der Waals surface area contributed by atoms with Gasteiger partial charge in [-0.1, -0.05) is 18.2 Å². The molecule has 5 rings (SSSR count). The molecule has 0 atom stereocenters. The Morgan fingerprint density at radius 3 is 2.51 bits per heavy atom. The van der Waals surface area contributed by atoms with Crippen LogP contribution in [0.25, 0.3) is 22.3 Å². The minimum absolute atomic E-state index is 0.0421. The van der Waals surface area contributed by atoms with Crippen molar-refractivity contribution in [1.29, 1.82) is 0 Å². The van der Waals surface area contributed by atoms with Gasteiger partial charge in [0.25, 0.3) is 5.91 Å². The van der Waals surface area contributed by atoms with Crippen LogP contribution in [0.2, 0.25) is 0 Å². The van der Waals surface area contributed by atoms with Crippen molar-refractivity contribution in [2.45, 2.75) is 38.7 Å². The molecule has 1 aromatic heterocycles. The monoisotopic (exact) mass is 558 g/mol. The van der Waals surface area contributed by atoms with Crippen LogP contribution in [0.4, 0.5) is 10.1 Å². The van der Waals surface area contributed by atoms with E-state index in [1.165, 1.54) is 17.7 Å². The van der Waals surface area contributed by atoms with Gasteiger partial charge in [-0.15, -0.1) is 0 Å². The number of carbonyl (C=O) groups excluding carboxylic acids is 2. The minimum atomic E-state index is -0.346. The smallest absolute Gasteiger partial charge is 0.255 e. The Morgan fingerprint density at radius 2 is 1.78 bits per heavy atom. The molecule has 0 unspecified atom stereocenters. The topological polar surface area (TPSA) is 89.8 Å². The molecule has 8 heteroatoms. The van der Waals surface area contributed by atoms with Crippen LogP contribution in [-0.4, -0.2) is 45.1 Å². The summed E-state index contributed by atoms with van der Waals surface area (Å²) < 4.78 is 31.2. The third kappa shape index (κ3) is 7.01. The lowest BCUT2D eigenvalue weighted by Crippen LogP contribution is -2.18. The van der Waals surface area contributed by atoms with Crippen LogP contribution < -0.4 is 10.6 Å². The van der Waals surface area contributed by atoms with Gasteiger partial charge in [0, 0.05) is 48.5 Å². The van der Waals surface area contributed by atoms with E-state index in [2.05, 4.69) is 16.7 Å². The molecule has 3 aromatic carbocycles. The summed E-state index contributed by atoms with van der Waals surface area (Å²) >= 11 is 0. The molecule has 1 heterocycles. The van der Waals surface area contributed by atoms with Crippen LogP contribution >= 0.6 is 0 Å². The fourth-order valence-electron chi connectivity index (χ4n) is 4.89. The summed E-state index contributed by atoms with van der Waals surface area (Å²) in [4.78, 5) is 24.4. The van der Waals surface area contributed by atoms with Gasteiger partial charge in [0.1, 0.15) is 17.2 Å². The number of anilines is 1. The molecule has 2 N–H and O–H groups in total. The van der Waals surface area contributed by atoms with Crippen molar-refractivity contribution < 1.29 is 27.9 Å². The average Bonchev–Trinajstić information content (AvgIpc) is 3.76. The zero-order chi connectivity index (χ0) is 28.8. The van der Waals surface area contributed by atoms with E-state index in [-0.39, 0.29) is 17.5 Å². The number of fused-ring (bicyclic) bond motifs is 1. The zero-order valence-electron chi connectivity index (χ0n) is 23.4.